The summed E-state index contributed by atoms with van der Waals surface area (Å²) in [7, 11) is 0. The van der Waals surface area contributed by atoms with Crippen LogP contribution < -0.4 is 0 Å². The highest BCUT2D eigenvalue weighted by Crippen LogP contribution is 2.16. The van der Waals surface area contributed by atoms with E-state index in [1.54, 1.807) is 0 Å². The summed E-state index contributed by atoms with van der Waals surface area (Å²) in [5, 5.41) is 0. The maximum Gasteiger partial charge on any atom is 0.0349 e. The summed E-state index contributed by atoms with van der Waals surface area (Å²) in [5.41, 5.74) is 1.10. The lowest BCUT2D eigenvalue weighted by molar-refractivity contribution is 0.733. The standard InChI is InChI=1S/C10H14/c1-3-9(2)10-7-5-4-6-8-10/h4-9H,3H2,1-2H3/t9-/m0/s1/i9D. The Hall–Kier alpha value is -0.780. The van der Waals surface area contributed by atoms with Crippen molar-refractivity contribution in [2.75, 3.05) is 0 Å². The van der Waals surface area contributed by atoms with Gasteiger partial charge in [-0.15, -0.1) is 0 Å². The van der Waals surface area contributed by atoms with Gasteiger partial charge in [0, 0.05) is 1.37 Å². The molecule has 54 valence electrons. The summed E-state index contributed by atoms with van der Waals surface area (Å²) in [6.07, 6.45) is 0.858. The molecule has 0 heterocycles. The fourth-order valence-corrected chi connectivity index (χ4v) is 0.927. The van der Waals surface area contributed by atoms with E-state index in [1.807, 2.05) is 44.2 Å². The summed E-state index contributed by atoms with van der Waals surface area (Å²) >= 11 is 0. The van der Waals surface area contributed by atoms with Crippen LogP contribution in [0.2, 0.25) is 0 Å². The second-order valence-corrected chi connectivity index (χ2v) is 2.50. The number of hydrogen-bond donors (Lipinski definition) is 0. The monoisotopic (exact) mass is 135 g/mol. The van der Waals surface area contributed by atoms with Crippen molar-refractivity contribution < 1.29 is 1.37 Å². The molecule has 0 spiro atoms. The highest BCUT2D eigenvalue weighted by atomic mass is 14.0. The van der Waals surface area contributed by atoms with Gasteiger partial charge in [0.25, 0.3) is 0 Å². The second kappa shape index (κ2) is 3.40. The largest absolute Gasteiger partial charge is 0.0648 e. The van der Waals surface area contributed by atoms with E-state index in [-0.39, 0.29) is 0 Å². The Bertz CT molecular complexity index is 214. The predicted octanol–water partition coefficient (Wildman–Crippen LogP) is 3.20. The van der Waals surface area contributed by atoms with Crippen molar-refractivity contribution in [3.05, 3.63) is 35.9 Å². The summed E-state index contributed by atoms with van der Waals surface area (Å²) < 4.78 is 7.92. The van der Waals surface area contributed by atoms with Gasteiger partial charge in [-0.25, -0.2) is 0 Å². The van der Waals surface area contributed by atoms with E-state index in [0.717, 1.165) is 12.0 Å². The van der Waals surface area contributed by atoms with E-state index in [1.165, 1.54) is 0 Å². The fraction of sp³-hybridized carbons (Fsp3) is 0.400. The second-order valence-electron chi connectivity index (χ2n) is 2.50. The van der Waals surface area contributed by atoms with E-state index in [4.69, 9.17) is 1.37 Å². The molecule has 1 rings (SSSR count). The Balaban J connectivity index is 2.93. The van der Waals surface area contributed by atoms with Gasteiger partial charge in [0.1, 0.15) is 0 Å². The van der Waals surface area contributed by atoms with Gasteiger partial charge in [-0.1, -0.05) is 44.2 Å². The van der Waals surface area contributed by atoms with Gasteiger partial charge < -0.3 is 0 Å². The summed E-state index contributed by atoms with van der Waals surface area (Å²) in [6.45, 7) is 3.99. The van der Waals surface area contributed by atoms with Gasteiger partial charge in [0.05, 0.1) is 0 Å². The quantitative estimate of drug-likeness (QED) is 0.584. The number of benzene rings is 1. The third-order valence-corrected chi connectivity index (χ3v) is 1.80. The average molecular weight is 135 g/mol. The lowest BCUT2D eigenvalue weighted by Gasteiger charge is -2.06. The molecule has 0 aromatic heterocycles. The molecular formula is C10H14. The van der Waals surface area contributed by atoms with Crippen LogP contribution in [-0.4, -0.2) is 0 Å². The van der Waals surface area contributed by atoms with Gasteiger partial charge in [0.2, 0.25) is 0 Å². The Kier molecular flexibility index (Phi) is 2.03. The SMILES string of the molecule is [2H][C@](C)(CC)c1ccccc1. The van der Waals surface area contributed by atoms with E-state index < -0.39 is 5.89 Å². The summed E-state index contributed by atoms with van der Waals surface area (Å²) in [4.78, 5) is 0. The summed E-state index contributed by atoms with van der Waals surface area (Å²) in [6, 6.07) is 9.97. The highest BCUT2D eigenvalue weighted by Gasteiger charge is 1.98. The molecule has 1 aromatic carbocycles. The topological polar surface area (TPSA) is 0 Å². The molecule has 10 heavy (non-hydrogen) atoms. The molecule has 0 bridgehead atoms. The van der Waals surface area contributed by atoms with Crippen LogP contribution in [-0.2, 0) is 0 Å². The van der Waals surface area contributed by atoms with Gasteiger partial charge in [-0.2, -0.15) is 0 Å². The van der Waals surface area contributed by atoms with Crippen molar-refractivity contribution >= 4 is 0 Å². The van der Waals surface area contributed by atoms with Crippen molar-refractivity contribution in [1.29, 1.82) is 0 Å². The summed E-state index contributed by atoms with van der Waals surface area (Å²) in [5.74, 6) is -0.415. The first kappa shape index (κ1) is 5.96. The zero-order valence-corrected chi connectivity index (χ0v) is 6.59. The molecule has 0 heteroatoms. The van der Waals surface area contributed by atoms with Crippen LogP contribution in [0.25, 0.3) is 0 Å². The molecule has 0 N–H and O–H groups in total. The lowest BCUT2D eigenvalue weighted by Crippen LogP contribution is -1.88. The van der Waals surface area contributed by atoms with Gasteiger partial charge in [-0.3, -0.25) is 0 Å². The van der Waals surface area contributed by atoms with Crippen LogP contribution in [0.4, 0.5) is 0 Å². The molecule has 0 nitrogen and oxygen atoms in total. The third kappa shape index (κ3) is 1.60. The van der Waals surface area contributed by atoms with Crippen LogP contribution in [0.1, 0.15) is 33.1 Å². The maximum absolute atomic E-state index is 7.92. The van der Waals surface area contributed by atoms with Gasteiger partial charge in [-0.05, 0) is 17.9 Å². The zero-order chi connectivity index (χ0) is 8.32. The zero-order valence-electron chi connectivity index (χ0n) is 7.59. The molecule has 0 amide bonds. The molecule has 0 saturated heterocycles. The van der Waals surface area contributed by atoms with Gasteiger partial charge >= 0.3 is 0 Å². The number of hydrogen-bond acceptors (Lipinski definition) is 0. The molecule has 0 aliphatic heterocycles. The lowest BCUT2D eigenvalue weighted by atomic mass is 9.99. The fourth-order valence-electron chi connectivity index (χ4n) is 0.927. The van der Waals surface area contributed by atoms with E-state index in [0.29, 0.717) is 0 Å². The molecule has 0 fully saturated rings. The van der Waals surface area contributed by atoms with Crippen LogP contribution in [0.5, 0.6) is 0 Å². The Labute approximate surface area is 64.3 Å². The average Bonchev–Trinajstić information content (AvgIpc) is 2.06. The minimum Gasteiger partial charge on any atom is -0.0648 e. The minimum atomic E-state index is -0.415. The normalized spacial score (nSPS) is 17.6. The van der Waals surface area contributed by atoms with Crippen molar-refractivity contribution in [1.82, 2.24) is 0 Å². The Morgan fingerprint density at radius 3 is 2.50 bits per heavy atom. The van der Waals surface area contributed by atoms with Crippen LogP contribution in [0.3, 0.4) is 0 Å². The van der Waals surface area contributed by atoms with Crippen molar-refractivity contribution in [3.63, 3.8) is 0 Å². The minimum absolute atomic E-state index is 0.415. The predicted molar refractivity (Wildman–Crippen MR) is 45.1 cm³/mol. The molecule has 0 unspecified atom stereocenters. The molecule has 0 radical (unpaired) electrons. The van der Waals surface area contributed by atoms with Crippen molar-refractivity contribution in [2.45, 2.75) is 26.2 Å². The molecule has 1 atom stereocenters. The van der Waals surface area contributed by atoms with Crippen LogP contribution in [0, 0.1) is 0 Å². The smallest absolute Gasteiger partial charge is 0.0349 e. The molecular weight excluding hydrogens is 120 g/mol. The molecule has 1 aromatic rings. The van der Waals surface area contributed by atoms with Crippen LogP contribution in [0.15, 0.2) is 30.3 Å². The number of rotatable bonds is 2. The van der Waals surface area contributed by atoms with Crippen LogP contribution >= 0.6 is 0 Å². The molecule has 0 aliphatic rings. The third-order valence-electron chi connectivity index (χ3n) is 1.80. The van der Waals surface area contributed by atoms with E-state index in [2.05, 4.69) is 0 Å². The molecule has 0 saturated carbocycles. The first-order chi connectivity index (χ1) is 5.17. The van der Waals surface area contributed by atoms with Gasteiger partial charge in [0.15, 0.2) is 0 Å². The Morgan fingerprint density at radius 1 is 1.40 bits per heavy atom. The first-order valence-electron chi connectivity index (χ1n) is 4.22. The van der Waals surface area contributed by atoms with Crippen molar-refractivity contribution in [2.24, 2.45) is 0 Å². The van der Waals surface area contributed by atoms with E-state index in [9.17, 15) is 0 Å². The first-order valence-corrected chi connectivity index (χ1v) is 3.72. The Morgan fingerprint density at radius 2 is 2.00 bits per heavy atom. The highest BCUT2D eigenvalue weighted by molar-refractivity contribution is 5.18. The van der Waals surface area contributed by atoms with E-state index >= 15 is 0 Å². The molecule has 0 aliphatic carbocycles. The van der Waals surface area contributed by atoms with Crippen molar-refractivity contribution in [3.8, 4) is 0 Å². The maximum atomic E-state index is 7.92.